The number of carbonyl (C=O) groups is 2. The van der Waals surface area contributed by atoms with Crippen LogP contribution in [0.1, 0.15) is 67.6 Å². The van der Waals surface area contributed by atoms with Crippen LogP contribution in [0.4, 0.5) is 19.4 Å². The fraction of sp³-hybridized carbons (Fsp3) is 0.425. The van der Waals surface area contributed by atoms with Gasteiger partial charge in [-0.3, -0.25) is 29.6 Å². The normalized spacial score (nSPS) is 18.9. The molecule has 0 saturated carbocycles. The highest BCUT2D eigenvalue weighted by Crippen LogP contribution is 2.34. The molecular weight excluding hydrogens is 769 g/mol. The molecule has 2 atom stereocenters. The van der Waals surface area contributed by atoms with Crippen LogP contribution >= 0.6 is 0 Å². The second-order valence-corrected chi connectivity index (χ2v) is 15.5. The minimum absolute atomic E-state index is 0.194. The minimum Gasteiger partial charge on any atom is -0.432 e. The summed E-state index contributed by atoms with van der Waals surface area (Å²) in [6.45, 7) is -0.388. The summed E-state index contributed by atoms with van der Waals surface area (Å²) in [5.41, 5.74) is 8.06. The van der Waals surface area contributed by atoms with Crippen molar-refractivity contribution >= 4 is 52.2 Å². The van der Waals surface area contributed by atoms with Crippen LogP contribution in [0.15, 0.2) is 63.2 Å². The summed E-state index contributed by atoms with van der Waals surface area (Å²) in [6, 6.07) is 14.7. The van der Waals surface area contributed by atoms with Gasteiger partial charge >= 0.3 is 12.6 Å². The molecule has 3 saturated heterocycles. The first kappa shape index (κ1) is 41.6. The number of halogens is 2. The molecule has 58 heavy (non-hydrogen) atoms. The van der Waals surface area contributed by atoms with Gasteiger partial charge in [-0.1, -0.05) is 17.9 Å². The quantitative estimate of drug-likeness (QED) is 0.115. The number of aromatic nitrogens is 2. The number of aryl methyl sites for hydroxylation is 1. The summed E-state index contributed by atoms with van der Waals surface area (Å²) in [5.74, 6) is 6.80. The number of hydrogen-bond donors (Lipinski definition) is 2. The third-order valence-corrected chi connectivity index (χ3v) is 11.9. The molecule has 1 aromatic heterocycles. The molecule has 2 unspecified atom stereocenters. The second-order valence-electron chi connectivity index (χ2n) is 14.0. The van der Waals surface area contributed by atoms with Crippen molar-refractivity contribution in [1.82, 2.24) is 24.3 Å². The lowest BCUT2D eigenvalue weighted by atomic mass is 9.88. The summed E-state index contributed by atoms with van der Waals surface area (Å²) >= 11 is 0. The lowest BCUT2D eigenvalue weighted by Crippen LogP contribution is -2.49. The van der Waals surface area contributed by atoms with Crippen LogP contribution in [0.3, 0.4) is 0 Å². The van der Waals surface area contributed by atoms with Gasteiger partial charge in [-0.05, 0) is 87.0 Å². The number of urea groups is 1. The molecule has 0 spiro atoms. The molecular formula is C40H43F2N11O4S. The highest BCUT2D eigenvalue weighted by atomic mass is 32.2. The summed E-state index contributed by atoms with van der Waals surface area (Å²) in [5, 5.41) is 27.2. The molecule has 18 heteroatoms. The number of nitrogens with one attached hydrogen (secondary N) is 1. The number of aliphatic imine (C=N–C) groups is 2. The third-order valence-electron chi connectivity index (χ3n) is 10.4. The Morgan fingerprint density at radius 1 is 1.09 bits per heavy atom. The van der Waals surface area contributed by atoms with Gasteiger partial charge in [-0.15, -0.1) is 0 Å². The van der Waals surface area contributed by atoms with Gasteiger partial charge in [0.15, 0.2) is 11.6 Å². The minimum atomic E-state index is -3.04. The van der Waals surface area contributed by atoms with Crippen molar-refractivity contribution in [1.29, 1.82) is 10.5 Å². The summed E-state index contributed by atoms with van der Waals surface area (Å²) in [6.07, 6.45) is 7.05. The third kappa shape index (κ3) is 10.1. The Hall–Kier alpha value is -6.00. The summed E-state index contributed by atoms with van der Waals surface area (Å²) < 4.78 is 47.1. The largest absolute Gasteiger partial charge is 0.432 e. The molecule has 3 aliphatic rings. The molecule has 6 rings (SSSR count). The van der Waals surface area contributed by atoms with Crippen molar-refractivity contribution in [2.24, 2.45) is 22.8 Å². The number of likely N-dealkylation sites (tertiary alicyclic amines) is 1. The van der Waals surface area contributed by atoms with Crippen molar-refractivity contribution < 1.29 is 27.3 Å². The number of alkyl halides is 2. The average molecular weight is 812 g/mol. The Morgan fingerprint density at radius 3 is 2.55 bits per heavy atom. The van der Waals surface area contributed by atoms with E-state index < -0.39 is 23.6 Å². The molecule has 0 aliphatic carbocycles. The van der Waals surface area contributed by atoms with Crippen LogP contribution in [0.2, 0.25) is 0 Å². The SMILES string of the molecule is Cn1nc(N2CCC(=O)NC2=O)c2ccc(C3CCN(C(C#Cc4cc(S(=O)N5CCC(N=C/C(=C\N=CN)OC(F)F)CC5)ccc4C#N)CCC#N)CC3)cc21. The maximum atomic E-state index is 13.7. The maximum absolute atomic E-state index is 13.7. The number of amides is 3. The molecule has 15 nitrogen and oxygen atoms in total. The number of ether oxygens (including phenoxy) is 1. The molecule has 302 valence electrons. The Balaban J connectivity index is 1.10. The van der Waals surface area contributed by atoms with Gasteiger partial charge in [0.05, 0.1) is 52.9 Å². The first-order chi connectivity index (χ1) is 28.1. The number of allylic oxidation sites excluding steroid dienone is 1. The Bertz CT molecular complexity index is 2270. The van der Waals surface area contributed by atoms with E-state index >= 15 is 0 Å². The van der Waals surface area contributed by atoms with Gasteiger partial charge in [0.25, 0.3) is 0 Å². The van der Waals surface area contributed by atoms with Gasteiger partial charge in [-0.2, -0.15) is 24.4 Å². The van der Waals surface area contributed by atoms with Crippen LogP contribution in [-0.2, 0) is 27.6 Å². The second kappa shape index (κ2) is 19.4. The molecule has 4 heterocycles. The van der Waals surface area contributed by atoms with Crippen molar-refractivity contribution in [3.05, 3.63) is 65.0 Å². The van der Waals surface area contributed by atoms with E-state index in [1.807, 2.05) is 13.1 Å². The average Bonchev–Trinajstić information content (AvgIpc) is 3.56. The first-order valence-corrected chi connectivity index (χ1v) is 20.0. The number of fused-ring (bicyclic) bond motifs is 1. The van der Waals surface area contributed by atoms with Crippen LogP contribution < -0.4 is 16.0 Å². The number of hydrogen-bond acceptors (Lipinski definition) is 10. The number of rotatable bonds is 12. The van der Waals surface area contributed by atoms with E-state index in [1.54, 1.807) is 27.2 Å². The topological polar surface area (TPSA) is 198 Å². The van der Waals surface area contributed by atoms with Gasteiger partial charge in [0, 0.05) is 50.5 Å². The van der Waals surface area contributed by atoms with E-state index in [-0.39, 0.29) is 42.6 Å². The molecule has 0 radical (unpaired) electrons. The molecule has 2 aromatic carbocycles. The zero-order valence-corrected chi connectivity index (χ0v) is 32.7. The zero-order chi connectivity index (χ0) is 41.2. The van der Waals surface area contributed by atoms with E-state index in [0.717, 1.165) is 49.4 Å². The number of benzene rings is 2. The number of carbonyl (C=O) groups excluding carboxylic acids is 2. The number of anilines is 1. The van der Waals surface area contributed by atoms with Crippen molar-refractivity contribution in [2.75, 3.05) is 37.6 Å². The van der Waals surface area contributed by atoms with E-state index in [9.17, 15) is 33.1 Å². The van der Waals surface area contributed by atoms with E-state index in [0.29, 0.717) is 60.6 Å². The van der Waals surface area contributed by atoms with Crippen molar-refractivity contribution in [3.8, 4) is 24.0 Å². The Kier molecular flexibility index (Phi) is 13.9. The zero-order valence-electron chi connectivity index (χ0n) is 31.9. The van der Waals surface area contributed by atoms with E-state index in [1.165, 1.54) is 16.7 Å². The van der Waals surface area contributed by atoms with Gasteiger partial charge in [0.2, 0.25) is 5.91 Å². The smallest absolute Gasteiger partial charge is 0.387 e. The first-order valence-electron chi connectivity index (χ1n) is 18.9. The standard InChI is InChI=1S/C40H43F2N11O4S/c1-50-36-22-29(6-9-35(36)38(49-50)53-20-14-37(54)48-40(53)55)27-10-16-51(17-11-27)32(3-2-15-43)7-4-28-21-34(8-5-30(28)23-44)58(56)52-18-12-31(13-19-52)47-25-33(24-46-26-45)57-39(41)42/h5-6,8-9,21-22,24-27,31-32,39H,2-3,10-14,16-20H2,1H3,(H2,45,46)(H,48,54,55)/b33-24+,47-25?. The Labute approximate surface area is 337 Å². The summed E-state index contributed by atoms with van der Waals surface area (Å²) in [7, 11) is 0.294. The van der Waals surface area contributed by atoms with Crippen molar-refractivity contribution in [3.63, 3.8) is 0 Å². The Morgan fingerprint density at radius 2 is 1.86 bits per heavy atom. The van der Waals surface area contributed by atoms with Crippen LogP contribution in [0.25, 0.3) is 10.9 Å². The number of nitrogens with zero attached hydrogens (tertiary/aromatic N) is 9. The molecule has 3 amide bonds. The van der Waals surface area contributed by atoms with Crippen LogP contribution in [-0.4, -0.2) is 99.1 Å². The van der Waals surface area contributed by atoms with E-state index in [4.69, 9.17) is 5.73 Å². The highest BCUT2D eigenvalue weighted by Gasteiger charge is 2.30. The highest BCUT2D eigenvalue weighted by molar-refractivity contribution is 7.82. The lowest BCUT2D eigenvalue weighted by Gasteiger charge is -2.35. The molecule has 0 bridgehead atoms. The number of nitriles is 2. The predicted molar refractivity (Wildman–Crippen MR) is 214 cm³/mol. The summed E-state index contributed by atoms with van der Waals surface area (Å²) in [4.78, 5) is 36.4. The molecule has 3 aromatic rings. The predicted octanol–water partition coefficient (Wildman–Crippen LogP) is 4.42. The van der Waals surface area contributed by atoms with E-state index in [2.05, 4.69) is 66.1 Å². The van der Waals surface area contributed by atoms with Gasteiger partial charge < -0.3 is 10.5 Å². The van der Waals surface area contributed by atoms with Gasteiger partial charge in [0.1, 0.15) is 17.1 Å². The number of imide groups is 1. The van der Waals surface area contributed by atoms with Crippen LogP contribution in [0.5, 0.6) is 0 Å². The monoisotopic (exact) mass is 811 g/mol. The lowest BCUT2D eigenvalue weighted by molar-refractivity contribution is -0.120. The molecule has 3 aliphatic heterocycles. The fourth-order valence-corrected chi connectivity index (χ4v) is 8.60. The molecule has 3 fully saturated rings. The number of nitrogens with two attached hydrogens (primary N) is 1. The molecule has 3 N–H and O–H groups in total. The maximum Gasteiger partial charge on any atom is 0.387 e. The van der Waals surface area contributed by atoms with Crippen molar-refractivity contribution in [2.45, 2.75) is 74.5 Å². The fourth-order valence-electron chi connectivity index (χ4n) is 7.36. The number of piperidine rings is 2. The van der Waals surface area contributed by atoms with Gasteiger partial charge in [-0.25, -0.2) is 18.3 Å². The van der Waals surface area contributed by atoms with Crippen LogP contribution in [0, 0.1) is 34.5 Å².